The van der Waals surface area contributed by atoms with Gasteiger partial charge in [-0.25, -0.2) is 9.59 Å². The molecule has 1 aliphatic heterocycles. The summed E-state index contributed by atoms with van der Waals surface area (Å²) in [6, 6.07) is 11.3. The van der Waals surface area contributed by atoms with E-state index in [0.29, 0.717) is 16.7 Å². The zero-order valence-corrected chi connectivity index (χ0v) is 14.5. The first-order chi connectivity index (χ1) is 12.6. The molecule has 27 heavy (non-hydrogen) atoms. The second kappa shape index (κ2) is 6.57. The summed E-state index contributed by atoms with van der Waals surface area (Å²) < 4.78 is 49.1. The van der Waals surface area contributed by atoms with Crippen LogP contribution in [0.25, 0.3) is 17.2 Å². The molecule has 7 heteroatoms. The van der Waals surface area contributed by atoms with Crippen molar-refractivity contribution in [3.63, 3.8) is 0 Å². The Morgan fingerprint density at radius 3 is 2.19 bits per heavy atom. The summed E-state index contributed by atoms with van der Waals surface area (Å²) in [6.07, 6.45) is -3.22. The lowest BCUT2D eigenvalue weighted by molar-refractivity contribution is -0.222. The number of hydrogen-bond acceptors (Lipinski definition) is 4. The van der Waals surface area contributed by atoms with Crippen LogP contribution in [0.2, 0.25) is 0 Å². The summed E-state index contributed by atoms with van der Waals surface area (Å²) >= 11 is 0. The van der Waals surface area contributed by atoms with Crippen LogP contribution in [0.15, 0.2) is 54.1 Å². The van der Waals surface area contributed by atoms with Crippen molar-refractivity contribution in [2.75, 3.05) is 0 Å². The Bertz CT molecular complexity index is 920. The Morgan fingerprint density at radius 1 is 0.926 bits per heavy atom. The highest BCUT2D eigenvalue weighted by molar-refractivity contribution is 6.19. The van der Waals surface area contributed by atoms with Gasteiger partial charge in [0.05, 0.1) is 5.56 Å². The molecule has 3 rings (SSSR count). The van der Waals surface area contributed by atoms with Gasteiger partial charge in [0.25, 0.3) is 5.79 Å². The maximum absolute atomic E-state index is 13.0. The van der Waals surface area contributed by atoms with E-state index in [0.717, 1.165) is 12.1 Å². The maximum Gasteiger partial charge on any atom is 0.416 e. The van der Waals surface area contributed by atoms with Crippen LogP contribution in [0, 0.1) is 0 Å². The van der Waals surface area contributed by atoms with Gasteiger partial charge in [0.2, 0.25) is 0 Å². The SMILES string of the molecule is CC1(C)OC(=O)C(=Cc2ccccc2-c2cccc(C(F)(F)F)c2)C(=O)O1. The van der Waals surface area contributed by atoms with Gasteiger partial charge < -0.3 is 9.47 Å². The highest BCUT2D eigenvalue weighted by Gasteiger charge is 2.39. The van der Waals surface area contributed by atoms with Gasteiger partial charge in [-0.1, -0.05) is 36.4 Å². The van der Waals surface area contributed by atoms with E-state index in [9.17, 15) is 22.8 Å². The summed E-state index contributed by atoms with van der Waals surface area (Å²) in [4.78, 5) is 24.2. The molecule has 1 saturated heterocycles. The van der Waals surface area contributed by atoms with Crippen LogP contribution in [0.4, 0.5) is 13.2 Å². The quantitative estimate of drug-likeness (QED) is 0.437. The number of hydrogen-bond donors (Lipinski definition) is 0. The van der Waals surface area contributed by atoms with Gasteiger partial charge in [0.15, 0.2) is 0 Å². The lowest BCUT2D eigenvalue weighted by Crippen LogP contribution is -2.41. The van der Waals surface area contributed by atoms with E-state index < -0.39 is 29.5 Å². The molecule has 0 spiro atoms. The molecule has 1 heterocycles. The maximum atomic E-state index is 13.0. The molecule has 0 N–H and O–H groups in total. The lowest BCUT2D eigenvalue weighted by Gasteiger charge is -2.29. The number of carbonyl (C=O) groups is 2. The van der Waals surface area contributed by atoms with Crippen molar-refractivity contribution in [1.82, 2.24) is 0 Å². The van der Waals surface area contributed by atoms with Crippen molar-refractivity contribution in [1.29, 1.82) is 0 Å². The van der Waals surface area contributed by atoms with Crippen LogP contribution in [-0.4, -0.2) is 17.7 Å². The minimum atomic E-state index is -4.48. The van der Waals surface area contributed by atoms with E-state index in [1.54, 1.807) is 24.3 Å². The number of rotatable bonds is 2. The third-order valence-corrected chi connectivity index (χ3v) is 3.88. The molecule has 0 unspecified atom stereocenters. The second-order valence-corrected chi connectivity index (χ2v) is 6.40. The van der Waals surface area contributed by atoms with Crippen LogP contribution >= 0.6 is 0 Å². The Kier molecular flexibility index (Phi) is 4.55. The van der Waals surface area contributed by atoms with Crippen molar-refractivity contribution in [2.45, 2.75) is 25.8 Å². The van der Waals surface area contributed by atoms with Crippen LogP contribution in [0.3, 0.4) is 0 Å². The highest BCUT2D eigenvalue weighted by atomic mass is 19.4. The van der Waals surface area contributed by atoms with Gasteiger partial charge in [0, 0.05) is 13.8 Å². The standard InChI is InChI=1S/C20H15F3O4/c1-19(2)26-17(24)16(18(25)27-19)11-13-6-3-4-9-15(13)12-7-5-8-14(10-12)20(21,22)23/h3-11H,1-2H3. The minimum absolute atomic E-state index is 0.301. The van der Waals surface area contributed by atoms with Crippen molar-refractivity contribution >= 4 is 18.0 Å². The molecule has 0 aliphatic carbocycles. The molecule has 0 saturated carbocycles. The van der Waals surface area contributed by atoms with E-state index in [4.69, 9.17) is 9.47 Å². The zero-order valence-electron chi connectivity index (χ0n) is 14.5. The first-order valence-corrected chi connectivity index (χ1v) is 8.02. The van der Waals surface area contributed by atoms with Gasteiger partial charge >= 0.3 is 18.1 Å². The molecule has 1 aliphatic rings. The summed E-state index contributed by atoms with van der Waals surface area (Å²) in [5.74, 6) is -3.07. The molecule has 0 aromatic heterocycles. The molecule has 0 radical (unpaired) electrons. The van der Waals surface area contributed by atoms with Crippen LogP contribution in [-0.2, 0) is 25.2 Å². The monoisotopic (exact) mass is 376 g/mol. The van der Waals surface area contributed by atoms with Crippen LogP contribution in [0.5, 0.6) is 0 Å². The van der Waals surface area contributed by atoms with Gasteiger partial charge in [0.1, 0.15) is 5.57 Å². The first-order valence-electron chi connectivity index (χ1n) is 8.02. The number of ether oxygens (including phenoxy) is 2. The molecular formula is C20H15F3O4. The van der Waals surface area contributed by atoms with Crippen LogP contribution in [0.1, 0.15) is 25.0 Å². The van der Waals surface area contributed by atoms with E-state index in [1.807, 2.05) is 0 Å². The lowest BCUT2D eigenvalue weighted by atomic mass is 9.96. The Hall–Kier alpha value is -3.09. The topological polar surface area (TPSA) is 52.6 Å². The summed E-state index contributed by atoms with van der Waals surface area (Å²) in [7, 11) is 0. The predicted octanol–water partition coefficient (Wildman–Crippen LogP) is 4.59. The summed E-state index contributed by atoms with van der Waals surface area (Å²) in [5, 5.41) is 0. The molecule has 2 aromatic rings. The predicted molar refractivity (Wildman–Crippen MR) is 91.1 cm³/mol. The van der Waals surface area contributed by atoms with Gasteiger partial charge in [-0.05, 0) is 34.9 Å². The fraction of sp³-hybridized carbons (Fsp3) is 0.200. The molecular weight excluding hydrogens is 361 g/mol. The Labute approximate surface area is 153 Å². The van der Waals surface area contributed by atoms with Gasteiger partial charge in [-0.3, -0.25) is 0 Å². The molecule has 2 aromatic carbocycles. The Balaban J connectivity index is 2.06. The van der Waals surface area contributed by atoms with Gasteiger partial charge in [-0.15, -0.1) is 0 Å². The summed E-state index contributed by atoms with van der Waals surface area (Å²) in [6.45, 7) is 2.85. The zero-order chi connectivity index (χ0) is 19.8. The number of alkyl halides is 3. The molecule has 1 fully saturated rings. The number of cyclic esters (lactones) is 2. The molecule has 0 amide bonds. The number of halogens is 3. The third kappa shape index (κ3) is 4.02. The fourth-order valence-electron chi connectivity index (χ4n) is 2.68. The van der Waals surface area contributed by atoms with Crippen molar-refractivity contribution in [3.8, 4) is 11.1 Å². The van der Waals surface area contributed by atoms with Crippen molar-refractivity contribution < 1.29 is 32.2 Å². The molecule has 140 valence electrons. The third-order valence-electron chi connectivity index (χ3n) is 3.88. The molecule has 0 atom stereocenters. The average Bonchev–Trinajstić information content (AvgIpc) is 2.57. The number of carbonyl (C=O) groups excluding carboxylic acids is 2. The van der Waals surface area contributed by atoms with E-state index in [1.165, 1.54) is 32.1 Å². The highest BCUT2D eigenvalue weighted by Crippen LogP contribution is 2.34. The van der Waals surface area contributed by atoms with E-state index in [2.05, 4.69) is 0 Å². The number of benzene rings is 2. The summed E-state index contributed by atoms with van der Waals surface area (Å²) in [5.41, 5.74) is 0.00607. The van der Waals surface area contributed by atoms with E-state index >= 15 is 0 Å². The molecule has 4 nitrogen and oxygen atoms in total. The second-order valence-electron chi connectivity index (χ2n) is 6.40. The molecule has 0 bridgehead atoms. The van der Waals surface area contributed by atoms with E-state index in [-0.39, 0.29) is 5.57 Å². The largest absolute Gasteiger partial charge is 0.419 e. The number of esters is 2. The Morgan fingerprint density at radius 2 is 1.56 bits per heavy atom. The fourth-order valence-corrected chi connectivity index (χ4v) is 2.68. The average molecular weight is 376 g/mol. The van der Waals surface area contributed by atoms with Crippen LogP contribution < -0.4 is 0 Å². The van der Waals surface area contributed by atoms with Gasteiger partial charge in [-0.2, -0.15) is 13.2 Å². The minimum Gasteiger partial charge on any atom is -0.419 e. The van der Waals surface area contributed by atoms with Crippen molar-refractivity contribution in [2.24, 2.45) is 0 Å². The van der Waals surface area contributed by atoms with Crippen molar-refractivity contribution in [3.05, 3.63) is 65.2 Å². The smallest absolute Gasteiger partial charge is 0.416 e. The first kappa shape index (κ1) is 18.7. The normalized spacial score (nSPS) is 16.6.